The first-order valence-corrected chi connectivity index (χ1v) is 11.3. The van der Waals surface area contributed by atoms with Crippen LogP contribution in [-0.2, 0) is 0 Å². The quantitative estimate of drug-likeness (QED) is 0.362. The summed E-state index contributed by atoms with van der Waals surface area (Å²) < 4.78 is 6.21. The second-order valence-electron chi connectivity index (χ2n) is 8.67. The van der Waals surface area contributed by atoms with Gasteiger partial charge in [0.1, 0.15) is 0 Å². The SMILES string of the molecule is c1ccc(B2c3ccccc3-c3ccc(-c4ccc5c(c4)Oc4ccccc4N5)cc32)cc1. The van der Waals surface area contributed by atoms with Gasteiger partial charge < -0.3 is 10.1 Å². The fraction of sp³-hybridized carbons (Fsp3) is 0. The van der Waals surface area contributed by atoms with Crippen molar-refractivity contribution in [2.75, 3.05) is 5.32 Å². The molecule has 0 fully saturated rings. The molecule has 0 unspecified atom stereocenters. The van der Waals surface area contributed by atoms with E-state index in [9.17, 15) is 0 Å². The minimum atomic E-state index is 0.250. The Bertz CT molecular complexity index is 1530. The molecule has 0 radical (unpaired) electrons. The van der Waals surface area contributed by atoms with Gasteiger partial charge in [0.2, 0.25) is 6.71 Å². The lowest BCUT2D eigenvalue weighted by molar-refractivity contribution is 0.481. The predicted molar refractivity (Wildman–Crippen MR) is 138 cm³/mol. The van der Waals surface area contributed by atoms with Gasteiger partial charge in [-0.1, -0.05) is 107 Å². The van der Waals surface area contributed by atoms with E-state index in [0.717, 1.165) is 28.4 Å². The van der Waals surface area contributed by atoms with Gasteiger partial charge in [-0.2, -0.15) is 0 Å². The van der Waals surface area contributed by atoms with E-state index in [1.807, 2.05) is 24.3 Å². The summed E-state index contributed by atoms with van der Waals surface area (Å²) in [6, 6.07) is 40.9. The summed E-state index contributed by atoms with van der Waals surface area (Å²) in [4.78, 5) is 0. The van der Waals surface area contributed by atoms with Crippen LogP contribution in [0.5, 0.6) is 11.5 Å². The van der Waals surface area contributed by atoms with Crippen molar-refractivity contribution in [3.05, 3.63) is 115 Å². The van der Waals surface area contributed by atoms with Gasteiger partial charge in [-0.05, 0) is 46.5 Å². The summed E-state index contributed by atoms with van der Waals surface area (Å²) in [5.41, 5.74) is 11.1. The van der Waals surface area contributed by atoms with Crippen molar-refractivity contribution in [3.63, 3.8) is 0 Å². The Hall–Kier alpha value is -4.24. The minimum Gasteiger partial charge on any atom is -0.453 e. The summed E-state index contributed by atoms with van der Waals surface area (Å²) in [7, 11) is 0. The predicted octanol–water partition coefficient (Wildman–Crippen LogP) is 5.70. The number of para-hydroxylation sites is 2. The van der Waals surface area contributed by atoms with Gasteiger partial charge >= 0.3 is 0 Å². The molecule has 2 aliphatic heterocycles. The number of hydrogen-bond acceptors (Lipinski definition) is 2. The van der Waals surface area contributed by atoms with Gasteiger partial charge in [0.15, 0.2) is 11.5 Å². The van der Waals surface area contributed by atoms with Crippen LogP contribution in [0.3, 0.4) is 0 Å². The van der Waals surface area contributed by atoms with Crippen molar-refractivity contribution in [1.29, 1.82) is 0 Å². The first kappa shape index (κ1) is 18.3. The van der Waals surface area contributed by atoms with Crippen molar-refractivity contribution in [2.24, 2.45) is 0 Å². The maximum atomic E-state index is 6.21. The number of benzene rings is 5. The average Bonchev–Trinajstić information content (AvgIpc) is 3.21. The van der Waals surface area contributed by atoms with Crippen molar-refractivity contribution in [2.45, 2.75) is 0 Å². The van der Waals surface area contributed by atoms with Crippen molar-refractivity contribution in [1.82, 2.24) is 0 Å². The van der Waals surface area contributed by atoms with Crippen molar-refractivity contribution < 1.29 is 4.74 Å². The highest BCUT2D eigenvalue weighted by atomic mass is 16.5. The third kappa shape index (κ3) is 2.90. The zero-order valence-electron chi connectivity index (χ0n) is 18.0. The van der Waals surface area contributed by atoms with Gasteiger partial charge in [-0.15, -0.1) is 0 Å². The summed E-state index contributed by atoms with van der Waals surface area (Å²) in [5, 5.41) is 3.48. The number of nitrogens with one attached hydrogen (secondary N) is 1. The zero-order valence-corrected chi connectivity index (χ0v) is 18.0. The molecule has 0 saturated heterocycles. The number of anilines is 2. The standard InChI is InChI=1S/C30H20BNO/c1-2-8-22(9-3-1)31-25-11-5-4-10-23(25)24-16-14-20(18-26(24)31)21-15-17-28-30(19-21)33-29-13-7-6-12-27(29)32-28/h1-19,32H. The van der Waals surface area contributed by atoms with Crippen LogP contribution in [0.25, 0.3) is 22.3 Å². The normalized spacial score (nSPS) is 12.7. The van der Waals surface area contributed by atoms with E-state index in [1.54, 1.807) is 0 Å². The molecule has 1 N–H and O–H groups in total. The van der Waals surface area contributed by atoms with Gasteiger partial charge in [-0.3, -0.25) is 0 Å². The van der Waals surface area contributed by atoms with Crippen LogP contribution in [0.15, 0.2) is 115 Å². The van der Waals surface area contributed by atoms with Crippen LogP contribution in [0, 0.1) is 0 Å². The molecule has 33 heavy (non-hydrogen) atoms. The molecule has 5 aromatic carbocycles. The maximum absolute atomic E-state index is 6.21. The van der Waals surface area contributed by atoms with Gasteiger partial charge in [0.25, 0.3) is 0 Å². The highest BCUT2D eigenvalue weighted by Gasteiger charge is 2.33. The maximum Gasteiger partial charge on any atom is 0.242 e. The molecule has 0 spiro atoms. The number of rotatable bonds is 2. The van der Waals surface area contributed by atoms with E-state index in [-0.39, 0.29) is 6.71 Å². The summed E-state index contributed by atoms with van der Waals surface area (Å²) >= 11 is 0. The molecule has 7 rings (SSSR count). The third-order valence-electron chi connectivity index (χ3n) is 6.75. The van der Waals surface area contributed by atoms with E-state index in [4.69, 9.17) is 4.74 Å². The van der Waals surface area contributed by atoms with E-state index in [1.165, 1.54) is 33.1 Å². The molecular weight excluding hydrogens is 401 g/mol. The van der Waals surface area contributed by atoms with Gasteiger partial charge in [0.05, 0.1) is 11.4 Å². The summed E-state index contributed by atoms with van der Waals surface area (Å²) in [6.07, 6.45) is 0. The number of ether oxygens (including phenoxy) is 1. The molecule has 0 bridgehead atoms. The molecular formula is C30H20BNO. The molecule has 0 aliphatic carbocycles. The van der Waals surface area contributed by atoms with Crippen molar-refractivity contribution in [3.8, 4) is 33.8 Å². The molecule has 0 amide bonds. The third-order valence-corrected chi connectivity index (χ3v) is 6.75. The van der Waals surface area contributed by atoms with Crippen LogP contribution < -0.4 is 26.4 Å². The van der Waals surface area contributed by atoms with E-state index < -0.39 is 0 Å². The largest absolute Gasteiger partial charge is 0.453 e. The molecule has 2 nitrogen and oxygen atoms in total. The Balaban J connectivity index is 1.33. The molecule has 154 valence electrons. The fourth-order valence-electron chi connectivity index (χ4n) is 5.20. The molecule has 2 heterocycles. The molecule has 0 saturated carbocycles. The van der Waals surface area contributed by atoms with E-state index in [0.29, 0.717) is 0 Å². The molecule has 0 aromatic heterocycles. The zero-order chi connectivity index (χ0) is 21.8. The lowest BCUT2D eigenvalue weighted by Gasteiger charge is -2.22. The first-order chi connectivity index (χ1) is 16.3. The topological polar surface area (TPSA) is 21.3 Å². The van der Waals surface area contributed by atoms with Gasteiger partial charge in [-0.25, -0.2) is 0 Å². The summed E-state index contributed by atoms with van der Waals surface area (Å²) in [5.74, 6) is 1.71. The van der Waals surface area contributed by atoms with Crippen molar-refractivity contribution >= 4 is 34.5 Å². The van der Waals surface area contributed by atoms with Crippen LogP contribution in [-0.4, -0.2) is 6.71 Å². The molecule has 5 aromatic rings. The van der Waals surface area contributed by atoms with Crippen LogP contribution in [0.1, 0.15) is 0 Å². The molecule has 0 atom stereocenters. The Labute approximate surface area is 193 Å². The Morgan fingerprint density at radius 1 is 0.515 bits per heavy atom. The Morgan fingerprint density at radius 3 is 2.15 bits per heavy atom. The van der Waals surface area contributed by atoms with E-state index in [2.05, 4.69) is 96.3 Å². The van der Waals surface area contributed by atoms with Crippen LogP contribution >= 0.6 is 0 Å². The smallest absolute Gasteiger partial charge is 0.242 e. The highest BCUT2D eigenvalue weighted by molar-refractivity contribution is 6.99. The molecule has 2 aliphatic rings. The monoisotopic (exact) mass is 421 g/mol. The van der Waals surface area contributed by atoms with Crippen LogP contribution in [0.4, 0.5) is 11.4 Å². The van der Waals surface area contributed by atoms with Gasteiger partial charge in [0, 0.05) is 0 Å². The average molecular weight is 421 g/mol. The molecule has 3 heteroatoms. The Kier molecular flexibility index (Phi) is 3.97. The number of fused-ring (bicyclic) bond motifs is 5. The Morgan fingerprint density at radius 2 is 1.21 bits per heavy atom. The van der Waals surface area contributed by atoms with E-state index >= 15 is 0 Å². The highest BCUT2D eigenvalue weighted by Crippen LogP contribution is 2.43. The second kappa shape index (κ2) is 7.14. The lowest BCUT2D eigenvalue weighted by atomic mass is 9.39. The first-order valence-electron chi connectivity index (χ1n) is 11.3. The summed E-state index contributed by atoms with van der Waals surface area (Å²) in [6.45, 7) is 0.250. The fourth-order valence-corrected chi connectivity index (χ4v) is 5.20. The van der Waals surface area contributed by atoms with Crippen LogP contribution in [0.2, 0.25) is 0 Å². The minimum absolute atomic E-state index is 0.250. The lowest BCUT2D eigenvalue weighted by Crippen LogP contribution is -2.48. The number of hydrogen-bond donors (Lipinski definition) is 1. The second-order valence-corrected chi connectivity index (χ2v) is 8.67.